The van der Waals surface area contributed by atoms with Gasteiger partial charge < -0.3 is 51.0 Å². The topological polar surface area (TPSA) is 356 Å². The number of alkyl halides is 3. The number of hydrogen-bond donors (Lipinski definition) is 8. The summed E-state index contributed by atoms with van der Waals surface area (Å²) in [5, 5.41) is 38.9. The van der Waals surface area contributed by atoms with Crippen LogP contribution in [-0.2, 0) is 18.9 Å². The summed E-state index contributed by atoms with van der Waals surface area (Å²) >= 11 is 0. The number of nitrogen functional groups attached to an aromatic ring is 2. The van der Waals surface area contributed by atoms with Gasteiger partial charge >= 0.3 is 22.8 Å². The average Bonchev–Trinajstić information content (AvgIpc) is 4.12. The standard InChI is InChI=1S/C12H18N2O4.C11H15F2N3O4.C11H17FN4O3.C11H16FN3O3/c1-3-9-8(6-15)4-10(18-9)14-5-7(2)11(16)13-12(14)17;1-3-6-8(15(2)19)7(13)10(20-6)16-4-5(12)9(17)14-11(16)18;1-3-6-9(15(2)18)8(12)10(19-6)16-5-4-7(13)14-11(16)17;1-2-7-6(5-16)9(12)10(18-7)15-4-3-8(13)14-11(15)17/h5,8-10,15H,3-4,6H2,1-2H3,(H,13,16,17);4,6-8,10,19H,3H2,1-2H3,(H,14,17,18);4-6,8-10,18H,3H2,1-2H3,(H2,13,14,17);3-4,6-7,9-10,16H,2,5H2,1H3,(H2,13,14,17)/t8?,9-,10-;6-,7+,8?,10+;6-,8+,9?,10-;6-,7-,9-,10-/m1110/s1. The van der Waals surface area contributed by atoms with Gasteiger partial charge in [-0.3, -0.25) is 37.8 Å². The van der Waals surface area contributed by atoms with Crippen LogP contribution in [0.4, 0.5) is 29.2 Å². The molecule has 4 fully saturated rings. The molecule has 0 spiro atoms. The lowest BCUT2D eigenvalue weighted by atomic mass is 9.98. The molecule has 30 heteroatoms. The lowest BCUT2D eigenvalue weighted by molar-refractivity contribution is -0.129. The van der Waals surface area contributed by atoms with E-state index in [1.54, 1.807) is 18.8 Å². The number of halogens is 4. The highest BCUT2D eigenvalue weighted by Crippen LogP contribution is 2.38. The maximum absolute atomic E-state index is 14.4. The van der Waals surface area contributed by atoms with Crippen molar-refractivity contribution in [3.63, 3.8) is 0 Å². The van der Waals surface area contributed by atoms with E-state index < -0.39 is 114 Å². The third-order valence-electron chi connectivity index (χ3n) is 13.2. The molecule has 4 saturated heterocycles. The summed E-state index contributed by atoms with van der Waals surface area (Å²) in [7, 11) is 2.62. The Labute approximate surface area is 424 Å². The van der Waals surface area contributed by atoms with Crippen LogP contribution in [0.1, 0.15) is 90.3 Å². The zero-order valence-electron chi connectivity index (χ0n) is 42.2. The lowest BCUT2D eigenvalue weighted by Crippen LogP contribution is -2.43. The van der Waals surface area contributed by atoms with E-state index in [1.165, 1.54) is 49.4 Å². The van der Waals surface area contributed by atoms with Gasteiger partial charge in [-0.1, -0.05) is 27.7 Å². The van der Waals surface area contributed by atoms with Crippen molar-refractivity contribution in [2.45, 2.75) is 147 Å². The number of ether oxygens (including phenoxy) is 4. The minimum Gasteiger partial charge on any atom is -0.396 e. The molecule has 8 rings (SSSR count). The fourth-order valence-electron chi connectivity index (χ4n) is 9.30. The van der Waals surface area contributed by atoms with Crippen molar-refractivity contribution in [1.82, 2.24) is 48.3 Å². The minimum atomic E-state index is -1.75. The van der Waals surface area contributed by atoms with Crippen LogP contribution < -0.4 is 45.3 Å². The van der Waals surface area contributed by atoms with E-state index in [4.69, 9.17) is 30.4 Å². The third-order valence-corrected chi connectivity index (χ3v) is 13.2. The number of aliphatic hydroxyl groups excluding tert-OH is 2. The number of aromatic amines is 2. The van der Waals surface area contributed by atoms with Crippen LogP contribution in [0.5, 0.6) is 0 Å². The molecular formula is C45H66F4N12O14. The Morgan fingerprint density at radius 3 is 1.48 bits per heavy atom. The highest BCUT2D eigenvalue weighted by Gasteiger charge is 2.49. The van der Waals surface area contributed by atoms with Gasteiger partial charge in [-0.2, -0.15) is 24.5 Å². The van der Waals surface area contributed by atoms with Crippen molar-refractivity contribution >= 4 is 11.6 Å². The molecule has 4 aromatic rings. The molecule has 0 radical (unpaired) electrons. The molecule has 8 heterocycles. The Kier molecular flexibility index (Phi) is 20.9. The zero-order chi connectivity index (χ0) is 55.7. The van der Waals surface area contributed by atoms with Gasteiger partial charge in [0.15, 0.2) is 37.2 Å². The first-order valence-corrected chi connectivity index (χ1v) is 24.1. The van der Waals surface area contributed by atoms with Crippen molar-refractivity contribution in [2.75, 3.05) is 38.8 Å². The molecule has 4 aliphatic heterocycles. The first-order chi connectivity index (χ1) is 35.5. The number of hydroxylamine groups is 4. The summed E-state index contributed by atoms with van der Waals surface area (Å²) in [6, 6.07) is 1.01. The van der Waals surface area contributed by atoms with Crippen LogP contribution in [0.2, 0.25) is 0 Å². The van der Waals surface area contributed by atoms with Crippen molar-refractivity contribution in [1.29, 1.82) is 0 Å². The number of anilines is 2. The maximum Gasteiger partial charge on any atom is 0.351 e. The van der Waals surface area contributed by atoms with Crippen LogP contribution in [0.25, 0.3) is 0 Å². The van der Waals surface area contributed by atoms with Crippen LogP contribution in [-0.4, -0.2) is 151 Å². The van der Waals surface area contributed by atoms with Gasteiger partial charge in [0, 0.05) is 63.1 Å². The molecule has 26 nitrogen and oxygen atoms in total. The Morgan fingerprint density at radius 2 is 1.08 bits per heavy atom. The van der Waals surface area contributed by atoms with Crippen molar-refractivity contribution < 1.29 is 57.1 Å². The van der Waals surface area contributed by atoms with Crippen LogP contribution in [0.15, 0.2) is 65.7 Å². The van der Waals surface area contributed by atoms with Crippen LogP contribution in [0, 0.1) is 24.6 Å². The Hall–Kier alpha value is -5.96. The smallest absolute Gasteiger partial charge is 0.351 e. The molecule has 4 aromatic heterocycles. The second kappa shape index (κ2) is 26.2. The summed E-state index contributed by atoms with van der Waals surface area (Å²) in [4.78, 5) is 80.0. The molecule has 418 valence electrons. The van der Waals surface area contributed by atoms with E-state index in [2.05, 4.69) is 15.0 Å². The SMILES string of the molecule is CC[C@@H]1O[C@H](n2ccc(N)nc2=O)[C@@H](F)[C@H]1CO.CC[C@H]1O[C@@H](n2cc(C)c(=O)[nH]c2=O)CC1CO.CC[C@H]1O[C@@H](n2ccc(N)nc2=O)[C@@H](F)C1N(C)O.CC[C@H]1O[C@H](n2cc(F)c(=O)[nH]c2=O)[C@@H](F)C1N(C)O. The van der Waals surface area contributed by atoms with Crippen molar-refractivity contribution in [3.8, 4) is 0 Å². The molecule has 0 amide bonds. The van der Waals surface area contributed by atoms with Crippen LogP contribution >= 0.6 is 0 Å². The predicted molar refractivity (Wildman–Crippen MR) is 257 cm³/mol. The number of nitrogens with one attached hydrogen (secondary N) is 2. The molecule has 3 unspecified atom stereocenters. The quantitative estimate of drug-likeness (QED) is 0.0703. The van der Waals surface area contributed by atoms with E-state index in [1.807, 2.05) is 20.8 Å². The molecular weight excluding hydrogens is 1010 g/mol. The van der Waals surface area contributed by atoms with Crippen LogP contribution in [0.3, 0.4) is 0 Å². The van der Waals surface area contributed by atoms with E-state index in [0.29, 0.717) is 47.1 Å². The van der Waals surface area contributed by atoms with Gasteiger partial charge in [-0.15, -0.1) is 0 Å². The number of aliphatic hydroxyl groups is 2. The van der Waals surface area contributed by atoms with Gasteiger partial charge in [0.25, 0.3) is 11.1 Å². The number of hydrogen-bond acceptors (Lipinski definition) is 20. The molecule has 0 saturated carbocycles. The molecule has 15 atom stereocenters. The molecule has 4 aliphatic rings. The summed E-state index contributed by atoms with van der Waals surface area (Å²) < 4.78 is 82.3. The summed E-state index contributed by atoms with van der Waals surface area (Å²) in [5.74, 6) is -1.65. The molecule has 10 N–H and O–H groups in total. The highest BCUT2D eigenvalue weighted by atomic mass is 19.1. The lowest BCUT2D eigenvalue weighted by Gasteiger charge is -2.23. The third kappa shape index (κ3) is 13.5. The molecule has 0 bridgehead atoms. The van der Waals surface area contributed by atoms with Gasteiger partial charge in [-0.05, 0) is 44.7 Å². The highest BCUT2D eigenvalue weighted by molar-refractivity contribution is 5.24. The first-order valence-electron chi connectivity index (χ1n) is 24.1. The predicted octanol–water partition coefficient (Wildman–Crippen LogP) is 0.402. The van der Waals surface area contributed by atoms with E-state index in [-0.39, 0.29) is 42.4 Å². The van der Waals surface area contributed by atoms with Gasteiger partial charge in [0.2, 0.25) is 5.82 Å². The Balaban J connectivity index is 0.000000185. The summed E-state index contributed by atoms with van der Waals surface area (Å²) in [6.07, 6.45) is -2.64. The largest absolute Gasteiger partial charge is 0.396 e. The van der Waals surface area contributed by atoms with E-state index in [9.17, 15) is 67.0 Å². The number of aryl methyl sites for hydroxylation is 1. The fourth-order valence-corrected chi connectivity index (χ4v) is 9.30. The van der Waals surface area contributed by atoms with Crippen molar-refractivity contribution in [2.24, 2.45) is 11.8 Å². The van der Waals surface area contributed by atoms with E-state index in [0.717, 1.165) is 20.6 Å². The Morgan fingerprint density at radius 1 is 0.640 bits per heavy atom. The first kappa shape index (κ1) is 59.9. The molecule has 0 aliphatic carbocycles. The van der Waals surface area contributed by atoms with E-state index >= 15 is 0 Å². The second-order valence-electron chi connectivity index (χ2n) is 18.2. The molecule has 0 aromatic carbocycles. The van der Waals surface area contributed by atoms with Gasteiger partial charge in [0.05, 0.1) is 49.3 Å². The zero-order valence-corrected chi connectivity index (χ0v) is 42.2. The summed E-state index contributed by atoms with van der Waals surface area (Å²) in [5.41, 5.74) is 6.90. The number of nitrogens with two attached hydrogens (primary N) is 2. The maximum atomic E-state index is 14.4. The summed E-state index contributed by atoms with van der Waals surface area (Å²) in [6.45, 7) is 8.75. The monoisotopic (exact) mass is 1070 g/mol. The number of likely N-dealkylation sites (N-methyl/N-ethyl adjacent to an activating group) is 2. The number of rotatable bonds is 12. The number of H-pyrrole nitrogens is 2. The average molecular weight is 1080 g/mol. The minimum absolute atomic E-state index is 0.0409. The number of aromatic nitrogens is 8. The van der Waals surface area contributed by atoms with Crippen molar-refractivity contribution in [3.05, 3.63) is 111 Å². The fraction of sp³-hybridized carbons (Fsp3) is 0.644. The normalized spacial score (nSPS) is 30.1. The van der Waals surface area contributed by atoms with Gasteiger partial charge in [0.1, 0.15) is 17.9 Å². The Bertz CT molecular complexity index is 2870. The second-order valence-corrected chi connectivity index (χ2v) is 18.2. The number of nitrogens with zero attached hydrogens (tertiary/aromatic N) is 8. The van der Waals surface area contributed by atoms with Gasteiger partial charge in [-0.25, -0.2) is 32.3 Å². The molecule has 75 heavy (non-hydrogen) atoms.